The number of nitrogens with zero attached hydrogens (tertiary/aromatic N) is 1. The van der Waals surface area contributed by atoms with Crippen molar-refractivity contribution >= 4 is 23.8 Å². The highest BCUT2D eigenvalue weighted by Gasteiger charge is 2.28. The van der Waals surface area contributed by atoms with Gasteiger partial charge in [0.25, 0.3) is 5.78 Å². The predicted molar refractivity (Wildman–Crippen MR) is 83.5 cm³/mol. The molecule has 9 nitrogen and oxygen atoms in total. The highest BCUT2D eigenvalue weighted by Crippen LogP contribution is 2.08. The number of hydrazine groups is 1. The minimum atomic E-state index is -1.20. The van der Waals surface area contributed by atoms with E-state index in [2.05, 4.69) is 10.2 Å². The molecule has 0 aliphatic heterocycles. The minimum Gasteiger partial charge on any atom is -0.462 e. The number of ether oxygens (including phenoxy) is 3. The Kier molecular flexibility index (Phi) is 8.51. The van der Waals surface area contributed by atoms with Crippen LogP contribution in [0.5, 0.6) is 0 Å². The lowest BCUT2D eigenvalue weighted by Crippen LogP contribution is -2.41. The third-order valence-electron chi connectivity index (χ3n) is 2.27. The standard InChI is InChI=1S/C15H24N2O7/c1-7-22-12(19)10(11(18)13(20)23-8-2)9-16-17(6)14(21)24-15(3,4)5/h9,16H,7-8H2,1-6H3/b10-9+. The van der Waals surface area contributed by atoms with Crippen LogP contribution in [0.1, 0.15) is 34.6 Å². The summed E-state index contributed by atoms with van der Waals surface area (Å²) in [4.78, 5) is 47.1. The Hall–Kier alpha value is -2.58. The lowest BCUT2D eigenvalue weighted by molar-refractivity contribution is -0.154. The van der Waals surface area contributed by atoms with Gasteiger partial charge in [-0.25, -0.2) is 19.4 Å². The molecular weight excluding hydrogens is 320 g/mol. The summed E-state index contributed by atoms with van der Waals surface area (Å²) in [6.07, 6.45) is 0.145. The molecule has 0 radical (unpaired) electrons. The molecular formula is C15H24N2O7. The molecule has 0 saturated carbocycles. The van der Waals surface area contributed by atoms with Gasteiger partial charge < -0.3 is 14.2 Å². The van der Waals surface area contributed by atoms with E-state index < -0.39 is 35.0 Å². The number of hydrogen-bond donors (Lipinski definition) is 1. The molecule has 0 fully saturated rings. The number of rotatable bonds is 7. The summed E-state index contributed by atoms with van der Waals surface area (Å²) in [5.74, 6) is -3.39. The normalized spacial score (nSPS) is 11.3. The molecule has 9 heteroatoms. The van der Waals surface area contributed by atoms with Crippen molar-refractivity contribution in [2.75, 3.05) is 20.3 Å². The van der Waals surface area contributed by atoms with Crippen molar-refractivity contribution in [2.45, 2.75) is 40.2 Å². The summed E-state index contributed by atoms with van der Waals surface area (Å²) in [5.41, 5.74) is 1.08. The largest absolute Gasteiger partial charge is 0.462 e. The average molecular weight is 344 g/mol. The molecule has 0 rings (SSSR count). The van der Waals surface area contributed by atoms with Crippen LogP contribution < -0.4 is 5.43 Å². The van der Waals surface area contributed by atoms with E-state index in [0.717, 1.165) is 11.2 Å². The monoisotopic (exact) mass is 344 g/mol. The number of amides is 1. The first kappa shape index (κ1) is 21.4. The van der Waals surface area contributed by atoms with Crippen LogP contribution in [-0.4, -0.2) is 54.7 Å². The van der Waals surface area contributed by atoms with E-state index in [1.807, 2.05) is 0 Å². The Bertz CT molecular complexity index is 520. The Labute approximate surface area is 140 Å². The van der Waals surface area contributed by atoms with Crippen molar-refractivity contribution in [3.8, 4) is 0 Å². The fraction of sp³-hybridized carbons (Fsp3) is 0.600. The van der Waals surface area contributed by atoms with E-state index in [-0.39, 0.29) is 13.2 Å². The van der Waals surface area contributed by atoms with Crippen molar-refractivity contribution in [3.63, 3.8) is 0 Å². The molecule has 0 bridgehead atoms. The molecule has 0 aromatic carbocycles. The number of carbonyl (C=O) groups excluding carboxylic acids is 4. The van der Waals surface area contributed by atoms with E-state index >= 15 is 0 Å². The Morgan fingerprint density at radius 3 is 1.96 bits per heavy atom. The van der Waals surface area contributed by atoms with Crippen LogP contribution in [0, 0.1) is 0 Å². The minimum absolute atomic E-state index is 0.00812. The van der Waals surface area contributed by atoms with Crippen LogP contribution in [0.2, 0.25) is 0 Å². The van der Waals surface area contributed by atoms with Gasteiger partial charge in [0, 0.05) is 13.2 Å². The third-order valence-corrected chi connectivity index (χ3v) is 2.27. The average Bonchev–Trinajstić information content (AvgIpc) is 2.45. The lowest BCUT2D eigenvalue weighted by Gasteiger charge is -2.24. The molecule has 0 aromatic heterocycles. The molecule has 0 atom stereocenters. The second-order valence-corrected chi connectivity index (χ2v) is 5.50. The highest BCUT2D eigenvalue weighted by molar-refractivity contribution is 6.46. The van der Waals surface area contributed by atoms with Crippen LogP contribution in [-0.2, 0) is 28.6 Å². The second-order valence-electron chi connectivity index (χ2n) is 5.50. The first-order chi connectivity index (χ1) is 11.0. The molecule has 1 amide bonds. The summed E-state index contributed by atoms with van der Waals surface area (Å²) in [5, 5.41) is 0.906. The van der Waals surface area contributed by atoms with Gasteiger partial charge in [-0.3, -0.25) is 10.2 Å². The van der Waals surface area contributed by atoms with Crippen molar-refractivity contribution < 1.29 is 33.4 Å². The smallest absolute Gasteiger partial charge is 0.428 e. The molecule has 0 saturated heterocycles. The SMILES string of the molecule is CCOC(=O)C(=O)/C(=C\NN(C)C(=O)OC(C)(C)C)C(=O)OCC. The number of carbonyl (C=O) groups is 4. The van der Waals surface area contributed by atoms with Crippen molar-refractivity contribution in [1.29, 1.82) is 0 Å². The third kappa shape index (κ3) is 7.61. The highest BCUT2D eigenvalue weighted by atomic mass is 16.6. The van der Waals surface area contributed by atoms with Gasteiger partial charge in [0.05, 0.1) is 13.2 Å². The van der Waals surface area contributed by atoms with Crippen LogP contribution in [0.25, 0.3) is 0 Å². The van der Waals surface area contributed by atoms with E-state index in [0.29, 0.717) is 0 Å². The molecule has 1 N–H and O–H groups in total. The number of ketones is 1. The summed E-state index contributed by atoms with van der Waals surface area (Å²) in [7, 11) is 1.32. The Balaban J connectivity index is 5.18. The first-order valence-electron chi connectivity index (χ1n) is 7.35. The fourth-order valence-corrected chi connectivity index (χ4v) is 1.28. The number of esters is 2. The zero-order valence-electron chi connectivity index (χ0n) is 14.8. The van der Waals surface area contributed by atoms with E-state index in [9.17, 15) is 19.2 Å². The molecule has 0 aliphatic rings. The Morgan fingerprint density at radius 1 is 1.00 bits per heavy atom. The zero-order chi connectivity index (χ0) is 18.9. The summed E-state index contributed by atoms with van der Waals surface area (Å²) in [6, 6.07) is 0. The number of nitrogens with one attached hydrogen (secondary N) is 1. The molecule has 0 unspecified atom stereocenters. The van der Waals surface area contributed by atoms with Crippen LogP contribution >= 0.6 is 0 Å². The van der Waals surface area contributed by atoms with E-state index in [1.54, 1.807) is 27.7 Å². The summed E-state index contributed by atoms with van der Waals surface area (Å²) >= 11 is 0. The van der Waals surface area contributed by atoms with E-state index in [4.69, 9.17) is 9.47 Å². The summed E-state index contributed by atoms with van der Waals surface area (Å²) < 4.78 is 14.4. The quantitative estimate of drug-likeness (QED) is 0.138. The topological polar surface area (TPSA) is 111 Å². The van der Waals surface area contributed by atoms with Gasteiger partial charge in [0.1, 0.15) is 11.2 Å². The van der Waals surface area contributed by atoms with Crippen LogP contribution in [0.3, 0.4) is 0 Å². The number of hydrogen-bond acceptors (Lipinski definition) is 8. The molecule has 136 valence electrons. The van der Waals surface area contributed by atoms with Crippen LogP contribution in [0.4, 0.5) is 4.79 Å². The molecule has 0 heterocycles. The molecule has 0 aliphatic carbocycles. The maximum atomic E-state index is 11.9. The maximum Gasteiger partial charge on any atom is 0.428 e. The van der Waals surface area contributed by atoms with Gasteiger partial charge in [-0.1, -0.05) is 0 Å². The molecule has 24 heavy (non-hydrogen) atoms. The molecule has 0 spiro atoms. The number of Topliss-reactive ketones (excluding diaryl/α,β-unsaturated/α-hetero) is 1. The lowest BCUT2D eigenvalue weighted by atomic mass is 10.2. The van der Waals surface area contributed by atoms with E-state index in [1.165, 1.54) is 14.0 Å². The van der Waals surface area contributed by atoms with Gasteiger partial charge in [0.15, 0.2) is 0 Å². The first-order valence-corrected chi connectivity index (χ1v) is 7.35. The fourth-order valence-electron chi connectivity index (χ4n) is 1.28. The van der Waals surface area contributed by atoms with Gasteiger partial charge in [0.2, 0.25) is 0 Å². The van der Waals surface area contributed by atoms with Crippen molar-refractivity contribution in [1.82, 2.24) is 10.4 Å². The Morgan fingerprint density at radius 2 is 1.50 bits per heavy atom. The second kappa shape index (κ2) is 9.53. The van der Waals surface area contributed by atoms with Gasteiger partial charge in [-0.2, -0.15) is 0 Å². The summed E-state index contributed by atoms with van der Waals surface area (Å²) in [6.45, 7) is 8.10. The van der Waals surface area contributed by atoms with Gasteiger partial charge >= 0.3 is 18.0 Å². The maximum absolute atomic E-state index is 11.9. The van der Waals surface area contributed by atoms with Crippen molar-refractivity contribution in [2.24, 2.45) is 0 Å². The van der Waals surface area contributed by atoms with Crippen LogP contribution in [0.15, 0.2) is 11.8 Å². The van der Waals surface area contributed by atoms with Gasteiger partial charge in [-0.05, 0) is 34.6 Å². The molecule has 0 aromatic rings. The van der Waals surface area contributed by atoms with Gasteiger partial charge in [-0.15, -0.1) is 0 Å². The van der Waals surface area contributed by atoms with Crippen molar-refractivity contribution in [3.05, 3.63) is 11.8 Å². The zero-order valence-corrected chi connectivity index (χ0v) is 14.8. The predicted octanol–water partition coefficient (Wildman–Crippen LogP) is 0.937.